The summed E-state index contributed by atoms with van der Waals surface area (Å²) in [6.45, 7) is 1.97. The lowest BCUT2D eigenvalue weighted by Gasteiger charge is -2.06. The molecule has 0 atom stereocenters. The van der Waals surface area contributed by atoms with E-state index in [1.54, 1.807) is 0 Å². The van der Waals surface area contributed by atoms with Crippen molar-refractivity contribution in [3.63, 3.8) is 0 Å². The minimum Gasteiger partial charge on any atom is -0.467 e. The molecule has 0 unspecified atom stereocenters. The third-order valence-corrected chi connectivity index (χ3v) is 2.14. The van der Waals surface area contributed by atoms with Crippen LogP contribution in [0.2, 0.25) is 0 Å². The van der Waals surface area contributed by atoms with Crippen molar-refractivity contribution < 1.29 is 14.2 Å². The first kappa shape index (κ1) is 12.1. The maximum absolute atomic E-state index is 5.52. The topological polar surface area (TPSA) is 66.4 Å². The van der Waals surface area contributed by atoms with Crippen molar-refractivity contribution in [3.05, 3.63) is 29.8 Å². The summed E-state index contributed by atoms with van der Waals surface area (Å²) in [6, 6.07) is 7.97. The van der Waals surface area contributed by atoms with Gasteiger partial charge in [-0.2, -0.15) is 0 Å². The molecule has 1 heterocycles. The highest BCUT2D eigenvalue weighted by Gasteiger charge is 2.09. The van der Waals surface area contributed by atoms with E-state index < -0.39 is 0 Å². The van der Waals surface area contributed by atoms with E-state index >= 15 is 0 Å². The Kier molecular flexibility index (Phi) is 3.57. The van der Waals surface area contributed by atoms with Gasteiger partial charge >= 0.3 is 18.0 Å². The second-order valence-electron chi connectivity index (χ2n) is 3.51. The van der Waals surface area contributed by atoms with Crippen molar-refractivity contribution >= 4 is 0 Å². The fourth-order valence-corrected chi connectivity index (χ4v) is 1.33. The van der Waals surface area contributed by atoms with E-state index in [1.807, 2.05) is 31.2 Å². The summed E-state index contributed by atoms with van der Waals surface area (Å²) >= 11 is 0. The smallest absolute Gasteiger partial charge is 0.331 e. The van der Waals surface area contributed by atoms with Crippen molar-refractivity contribution in [1.29, 1.82) is 0 Å². The lowest BCUT2D eigenvalue weighted by molar-refractivity contribution is 0.320. The first-order valence-electron chi connectivity index (χ1n) is 5.30. The van der Waals surface area contributed by atoms with Crippen LogP contribution in [0.5, 0.6) is 23.8 Å². The van der Waals surface area contributed by atoms with Crippen molar-refractivity contribution in [2.45, 2.75) is 6.92 Å². The summed E-state index contributed by atoms with van der Waals surface area (Å²) in [7, 11) is 2.93. The van der Waals surface area contributed by atoms with E-state index in [4.69, 9.17) is 14.2 Å². The first-order valence-corrected chi connectivity index (χ1v) is 5.30. The van der Waals surface area contributed by atoms with Gasteiger partial charge in [0.15, 0.2) is 0 Å². The molecule has 0 radical (unpaired) electrons. The minimum atomic E-state index is 0.129. The highest BCUT2D eigenvalue weighted by molar-refractivity contribution is 5.29. The van der Waals surface area contributed by atoms with Crippen LogP contribution in [0.3, 0.4) is 0 Å². The Morgan fingerprint density at radius 3 is 2.06 bits per heavy atom. The van der Waals surface area contributed by atoms with Gasteiger partial charge in [-0.05, 0) is 24.6 Å². The Balaban J connectivity index is 2.28. The second kappa shape index (κ2) is 5.31. The van der Waals surface area contributed by atoms with E-state index in [1.165, 1.54) is 14.2 Å². The normalized spacial score (nSPS) is 9.94. The number of ether oxygens (including phenoxy) is 3. The van der Waals surface area contributed by atoms with E-state index in [-0.39, 0.29) is 18.0 Å². The molecular formula is C12H13N3O3. The zero-order chi connectivity index (χ0) is 13.0. The molecule has 6 heteroatoms. The predicted octanol–water partition coefficient (Wildman–Crippen LogP) is 1.99. The van der Waals surface area contributed by atoms with Gasteiger partial charge in [-0.15, -0.1) is 15.0 Å². The second-order valence-corrected chi connectivity index (χ2v) is 3.51. The number of hydrogen-bond donors (Lipinski definition) is 0. The van der Waals surface area contributed by atoms with Gasteiger partial charge in [-0.25, -0.2) is 0 Å². The van der Waals surface area contributed by atoms with Gasteiger partial charge in [-0.1, -0.05) is 12.1 Å². The largest absolute Gasteiger partial charge is 0.467 e. The van der Waals surface area contributed by atoms with Crippen molar-refractivity contribution in [2.75, 3.05) is 14.2 Å². The number of benzene rings is 1. The molecule has 0 bridgehead atoms. The first-order chi connectivity index (χ1) is 8.71. The molecule has 0 saturated carbocycles. The van der Waals surface area contributed by atoms with E-state index in [0.717, 1.165) is 5.56 Å². The van der Waals surface area contributed by atoms with Gasteiger partial charge in [0.25, 0.3) is 0 Å². The molecule has 0 N–H and O–H groups in total. The van der Waals surface area contributed by atoms with Crippen LogP contribution in [0.15, 0.2) is 24.3 Å². The van der Waals surface area contributed by atoms with Crippen LogP contribution in [0.1, 0.15) is 5.56 Å². The summed E-state index contributed by atoms with van der Waals surface area (Å²) in [6.07, 6.45) is 0. The Bertz CT molecular complexity index is 524. The van der Waals surface area contributed by atoms with Gasteiger partial charge in [0.2, 0.25) is 0 Å². The number of methoxy groups -OCH3 is 2. The van der Waals surface area contributed by atoms with Crippen molar-refractivity contribution in [2.24, 2.45) is 0 Å². The standard InChI is InChI=1S/C12H13N3O3/c1-8-5-4-6-9(7-8)18-12-14-10(16-2)13-11(15-12)17-3/h4-7H,1-3H3. The molecular weight excluding hydrogens is 234 g/mol. The molecule has 94 valence electrons. The fraction of sp³-hybridized carbons (Fsp3) is 0.250. The molecule has 6 nitrogen and oxygen atoms in total. The Labute approximate surface area is 105 Å². The van der Waals surface area contributed by atoms with Crippen LogP contribution in [-0.2, 0) is 0 Å². The number of rotatable bonds is 4. The van der Waals surface area contributed by atoms with E-state index in [0.29, 0.717) is 5.75 Å². The SMILES string of the molecule is COc1nc(OC)nc(Oc2cccc(C)c2)n1. The molecule has 0 aliphatic rings. The Hall–Kier alpha value is -2.37. The molecule has 0 saturated heterocycles. The highest BCUT2D eigenvalue weighted by Crippen LogP contribution is 2.21. The molecule has 2 aromatic rings. The molecule has 2 rings (SSSR count). The average molecular weight is 247 g/mol. The number of aryl methyl sites for hydroxylation is 1. The van der Waals surface area contributed by atoms with Crippen molar-refractivity contribution in [1.82, 2.24) is 15.0 Å². The molecule has 1 aromatic heterocycles. The van der Waals surface area contributed by atoms with Crippen molar-refractivity contribution in [3.8, 4) is 23.8 Å². The molecule has 0 fully saturated rings. The van der Waals surface area contributed by atoms with Gasteiger partial charge in [-0.3, -0.25) is 0 Å². The van der Waals surface area contributed by atoms with Crippen LogP contribution < -0.4 is 14.2 Å². The third kappa shape index (κ3) is 2.85. The summed E-state index contributed by atoms with van der Waals surface area (Å²) < 4.78 is 15.4. The zero-order valence-electron chi connectivity index (χ0n) is 10.4. The summed E-state index contributed by atoms with van der Waals surface area (Å²) in [5.74, 6) is 0.644. The zero-order valence-corrected chi connectivity index (χ0v) is 10.4. The Morgan fingerprint density at radius 1 is 0.889 bits per heavy atom. The molecule has 0 aliphatic carbocycles. The minimum absolute atomic E-state index is 0.129. The van der Waals surface area contributed by atoms with Gasteiger partial charge < -0.3 is 14.2 Å². The van der Waals surface area contributed by atoms with Crippen LogP contribution >= 0.6 is 0 Å². The van der Waals surface area contributed by atoms with Gasteiger partial charge in [0.1, 0.15) is 5.75 Å². The highest BCUT2D eigenvalue weighted by atomic mass is 16.5. The number of aromatic nitrogens is 3. The fourth-order valence-electron chi connectivity index (χ4n) is 1.33. The van der Waals surface area contributed by atoms with Crippen LogP contribution in [0.4, 0.5) is 0 Å². The number of hydrogen-bond acceptors (Lipinski definition) is 6. The predicted molar refractivity (Wildman–Crippen MR) is 64.2 cm³/mol. The monoisotopic (exact) mass is 247 g/mol. The number of nitrogens with zero attached hydrogens (tertiary/aromatic N) is 3. The molecule has 0 aliphatic heterocycles. The lowest BCUT2D eigenvalue weighted by atomic mass is 10.2. The van der Waals surface area contributed by atoms with Crippen LogP contribution in [0, 0.1) is 6.92 Å². The molecule has 0 spiro atoms. The third-order valence-electron chi connectivity index (χ3n) is 2.14. The van der Waals surface area contributed by atoms with E-state index in [2.05, 4.69) is 15.0 Å². The molecule has 18 heavy (non-hydrogen) atoms. The molecule has 1 aromatic carbocycles. The van der Waals surface area contributed by atoms with E-state index in [9.17, 15) is 0 Å². The average Bonchev–Trinajstić information content (AvgIpc) is 2.38. The van der Waals surface area contributed by atoms with Crippen LogP contribution in [0.25, 0.3) is 0 Å². The lowest BCUT2D eigenvalue weighted by Crippen LogP contribution is -2.01. The summed E-state index contributed by atoms with van der Waals surface area (Å²) in [5, 5.41) is 0. The maximum Gasteiger partial charge on any atom is 0.331 e. The maximum atomic E-state index is 5.52. The van der Waals surface area contributed by atoms with Gasteiger partial charge in [0.05, 0.1) is 14.2 Å². The Morgan fingerprint density at radius 2 is 1.50 bits per heavy atom. The van der Waals surface area contributed by atoms with Gasteiger partial charge in [0, 0.05) is 0 Å². The summed E-state index contributed by atoms with van der Waals surface area (Å²) in [4.78, 5) is 11.8. The van der Waals surface area contributed by atoms with Crippen LogP contribution in [-0.4, -0.2) is 29.2 Å². The molecule has 0 amide bonds. The summed E-state index contributed by atoms with van der Waals surface area (Å²) in [5.41, 5.74) is 1.08. The quantitative estimate of drug-likeness (QED) is 0.823.